The monoisotopic (exact) mass is 956 g/mol. The second-order valence-electron chi connectivity index (χ2n) is 21.4. The predicted octanol–water partition coefficient (Wildman–Crippen LogP) is 1.85. The number of aliphatic hydroxyl groups is 5. The van der Waals surface area contributed by atoms with Crippen LogP contribution in [-0.2, 0) is 66.5 Å². The van der Waals surface area contributed by atoms with Crippen LogP contribution in [0.4, 0.5) is 0 Å². The highest BCUT2D eigenvalue weighted by molar-refractivity contribution is 5.81. The molecule has 4 heterocycles. The Bertz CT molecular complexity index is 1800. The molecule has 0 bridgehead atoms. The van der Waals surface area contributed by atoms with Gasteiger partial charge < -0.3 is 77.6 Å². The highest BCUT2D eigenvalue weighted by Gasteiger charge is 2.91. The summed E-state index contributed by atoms with van der Waals surface area (Å²) in [5, 5.41) is 52.3. The first-order valence-corrected chi connectivity index (χ1v) is 24.6. The number of aliphatic hydroxyl groups excluding tert-OH is 5. The van der Waals surface area contributed by atoms with E-state index in [0.29, 0.717) is 38.5 Å². The zero-order valence-corrected chi connectivity index (χ0v) is 40.6. The summed E-state index contributed by atoms with van der Waals surface area (Å²) in [5.41, 5.74) is -2.59. The SMILES string of the molecule is CCC(C)C(=O)O[C@H]1C2C3(CCC4C[C@@H](OC5CC(OC)C(OC6OC(C)C(OC7OC(CO)C(O)C(O)C7O)C(OC)C6O)C(C)O5)CC[C@@]42C)OC32CC[C@@H](C(C)=O)[C@@]2(C)[C@@H]1OC(C)=O. The summed E-state index contributed by atoms with van der Waals surface area (Å²) in [7, 11) is 2.95. The molecule has 0 amide bonds. The molecule has 19 nitrogen and oxygen atoms in total. The number of methoxy groups -OCH3 is 2. The van der Waals surface area contributed by atoms with Crippen molar-refractivity contribution in [3.8, 4) is 0 Å². The van der Waals surface area contributed by atoms with Crippen molar-refractivity contribution in [2.24, 2.45) is 34.5 Å². The predicted molar refractivity (Wildman–Crippen MR) is 230 cm³/mol. The summed E-state index contributed by atoms with van der Waals surface area (Å²) < 4.78 is 69.0. The van der Waals surface area contributed by atoms with Crippen molar-refractivity contribution in [2.75, 3.05) is 20.8 Å². The highest BCUT2D eigenvalue weighted by atomic mass is 16.8. The number of hydrogen-bond acceptors (Lipinski definition) is 19. The molecule has 8 aliphatic rings. The van der Waals surface area contributed by atoms with E-state index in [4.69, 9.17) is 52.1 Å². The van der Waals surface area contributed by atoms with Crippen molar-refractivity contribution in [3.05, 3.63) is 0 Å². The van der Waals surface area contributed by atoms with Crippen molar-refractivity contribution >= 4 is 17.7 Å². The van der Waals surface area contributed by atoms with Crippen molar-refractivity contribution in [2.45, 2.75) is 229 Å². The fraction of sp³-hybridized carbons (Fsp3) is 0.938. The molecule has 8 fully saturated rings. The van der Waals surface area contributed by atoms with E-state index in [-0.39, 0.29) is 41.0 Å². The number of fused-ring (bicyclic) bond motifs is 2. The Morgan fingerprint density at radius 2 is 1.43 bits per heavy atom. The van der Waals surface area contributed by atoms with Crippen LogP contribution in [0.3, 0.4) is 0 Å². The van der Waals surface area contributed by atoms with Gasteiger partial charge in [-0.25, -0.2) is 0 Å². The maximum atomic E-state index is 13.8. The van der Waals surface area contributed by atoms with Crippen LogP contribution >= 0.6 is 0 Å². The maximum absolute atomic E-state index is 13.8. The van der Waals surface area contributed by atoms with Crippen molar-refractivity contribution < 1.29 is 92.0 Å². The largest absolute Gasteiger partial charge is 0.458 e. The van der Waals surface area contributed by atoms with Crippen LogP contribution in [0.1, 0.15) is 113 Å². The Morgan fingerprint density at radius 3 is 2.07 bits per heavy atom. The Morgan fingerprint density at radius 1 is 0.746 bits per heavy atom. The lowest BCUT2D eigenvalue weighted by Gasteiger charge is -2.61. The number of ketones is 1. The molecule has 25 atom stereocenters. The van der Waals surface area contributed by atoms with Crippen LogP contribution in [0.25, 0.3) is 0 Å². The number of rotatable bonds is 14. The average Bonchev–Trinajstić information content (AvgIpc) is 3.84. The molecular weight excluding hydrogens is 881 g/mol. The first-order valence-electron chi connectivity index (χ1n) is 24.6. The number of esters is 2. The molecule has 382 valence electrons. The van der Waals surface area contributed by atoms with Gasteiger partial charge in [0.2, 0.25) is 0 Å². The van der Waals surface area contributed by atoms with E-state index >= 15 is 0 Å². The van der Waals surface area contributed by atoms with Crippen LogP contribution < -0.4 is 0 Å². The molecule has 0 aromatic carbocycles. The number of carbonyl (C=O) groups is 3. The van der Waals surface area contributed by atoms with Crippen LogP contribution in [0, 0.1) is 34.5 Å². The lowest BCUT2D eigenvalue weighted by Crippen LogP contribution is -2.70. The molecule has 0 radical (unpaired) electrons. The molecule has 0 aromatic heterocycles. The molecule has 67 heavy (non-hydrogen) atoms. The van der Waals surface area contributed by atoms with E-state index in [2.05, 4.69) is 6.92 Å². The normalized spacial score (nSPS) is 51.9. The molecule has 0 aromatic rings. The lowest BCUT2D eigenvalue weighted by molar-refractivity contribution is -0.371. The summed E-state index contributed by atoms with van der Waals surface area (Å²) in [6.07, 6.45) is -11.5. The maximum Gasteiger partial charge on any atom is 0.309 e. The molecule has 4 saturated heterocycles. The van der Waals surface area contributed by atoms with Gasteiger partial charge >= 0.3 is 11.9 Å². The third-order valence-corrected chi connectivity index (χ3v) is 17.9. The second kappa shape index (κ2) is 19.2. The smallest absolute Gasteiger partial charge is 0.309 e. The summed E-state index contributed by atoms with van der Waals surface area (Å²) in [4.78, 5) is 40.2. The van der Waals surface area contributed by atoms with E-state index in [1.165, 1.54) is 14.0 Å². The molecule has 4 saturated carbocycles. The standard InChI is InChI=1S/C48H76O19/c1-11-21(2)42(56)64-39-40-45(7)15-13-27(18-26(45)12-16-47(40)48(67-47)17-14-28(22(3)50)46(48,8)41(39)61-25(6)51)62-31-19-29(57-9)36(23(4)59-31)65-44-35(55)38(58-10)37(24(5)60-44)66-43-34(54)33(53)32(52)30(20-49)63-43/h21,23-24,26-41,43-44,49,52-55H,11-20H2,1-10H3/t21?,23?,24?,26?,27-,28-,29?,30?,31?,32?,33?,34?,35?,36?,37?,38?,39-,40?,41+,43?,44?,45-,46-,47?,48?/m0/s1. The Balaban J connectivity index is 0.942. The van der Waals surface area contributed by atoms with Gasteiger partial charge in [0, 0.05) is 44.8 Å². The van der Waals surface area contributed by atoms with Crippen LogP contribution in [0.2, 0.25) is 0 Å². The second-order valence-corrected chi connectivity index (χ2v) is 21.4. The topological polar surface area (TPSA) is 257 Å². The van der Waals surface area contributed by atoms with Crippen LogP contribution in [-0.4, -0.2) is 180 Å². The summed E-state index contributed by atoms with van der Waals surface area (Å²) in [6.45, 7) is 13.9. The molecular formula is C48H76O19. The Kier molecular flexibility index (Phi) is 14.8. The summed E-state index contributed by atoms with van der Waals surface area (Å²) in [6, 6.07) is 0. The molecule has 4 aliphatic carbocycles. The average molecular weight is 957 g/mol. The number of epoxide rings is 1. The first-order chi connectivity index (χ1) is 31.7. The summed E-state index contributed by atoms with van der Waals surface area (Å²) in [5.74, 6) is -1.75. The zero-order valence-electron chi connectivity index (χ0n) is 40.6. The molecule has 4 aliphatic heterocycles. The quantitative estimate of drug-likeness (QED) is 0.0946. The highest BCUT2D eigenvalue weighted by Crippen LogP contribution is 2.81. The zero-order chi connectivity index (χ0) is 48.7. The number of hydrogen-bond donors (Lipinski definition) is 5. The van der Waals surface area contributed by atoms with E-state index in [1.807, 2.05) is 27.7 Å². The number of carbonyl (C=O) groups excluding carboxylic acids is 3. The molecule has 19 heteroatoms. The van der Waals surface area contributed by atoms with Crippen molar-refractivity contribution in [3.63, 3.8) is 0 Å². The van der Waals surface area contributed by atoms with Gasteiger partial charge in [-0.1, -0.05) is 27.7 Å². The third kappa shape index (κ3) is 8.33. The van der Waals surface area contributed by atoms with E-state index in [9.17, 15) is 39.9 Å². The van der Waals surface area contributed by atoms with Crippen molar-refractivity contribution in [1.82, 2.24) is 0 Å². The van der Waals surface area contributed by atoms with E-state index < -0.39 is 133 Å². The van der Waals surface area contributed by atoms with Gasteiger partial charge in [0.25, 0.3) is 0 Å². The molecule has 5 N–H and O–H groups in total. The fourth-order valence-corrected chi connectivity index (χ4v) is 14.2. The Hall–Kier alpha value is -1.95. The number of Topliss-reactive ketones (excluding diaryl/α,β-unsaturated/α-hetero) is 1. The van der Waals surface area contributed by atoms with Gasteiger partial charge in [-0.15, -0.1) is 0 Å². The molecule has 19 unspecified atom stereocenters. The van der Waals surface area contributed by atoms with Gasteiger partial charge in [-0.2, -0.15) is 0 Å². The van der Waals surface area contributed by atoms with Gasteiger partial charge in [-0.05, 0) is 83.5 Å². The summed E-state index contributed by atoms with van der Waals surface area (Å²) >= 11 is 0. The van der Waals surface area contributed by atoms with Crippen LogP contribution in [0.15, 0.2) is 0 Å². The van der Waals surface area contributed by atoms with E-state index in [1.54, 1.807) is 21.0 Å². The molecule has 8 rings (SSSR count). The van der Waals surface area contributed by atoms with Crippen LogP contribution in [0.5, 0.6) is 0 Å². The number of ether oxygens (including phenoxy) is 11. The minimum Gasteiger partial charge on any atom is -0.458 e. The Labute approximate surface area is 393 Å². The van der Waals surface area contributed by atoms with Crippen molar-refractivity contribution in [1.29, 1.82) is 0 Å². The molecule has 2 spiro atoms. The van der Waals surface area contributed by atoms with Gasteiger partial charge in [-0.3, -0.25) is 14.4 Å². The minimum absolute atomic E-state index is 0.0172. The third-order valence-electron chi connectivity index (χ3n) is 17.9. The van der Waals surface area contributed by atoms with Gasteiger partial charge in [0.1, 0.15) is 78.0 Å². The van der Waals surface area contributed by atoms with E-state index in [0.717, 1.165) is 19.3 Å². The van der Waals surface area contributed by atoms with Gasteiger partial charge in [0.05, 0.1) is 36.9 Å². The minimum atomic E-state index is -1.66. The van der Waals surface area contributed by atoms with Gasteiger partial charge in [0.15, 0.2) is 18.9 Å². The lowest BCUT2D eigenvalue weighted by atomic mass is 9.43. The fourth-order valence-electron chi connectivity index (χ4n) is 14.2. The first kappa shape index (κ1) is 51.4.